The van der Waals surface area contributed by atoms with Crippen molar-refractivity contribution in [2.45, 2.75) is 18.4 Å². The Morgan fingerprint density at radius 2 is 1.60 bits per heavy atom. The standard InChI is InChI=1S/C25H22N2O3/c26-15-17-9-11-18(12-10-17)24(13-14-28)27-25(29)30-16-23-21-7-3-1-5-19(21)20-6-2-4-8-22(20)23/h1-12,23-24,28H,13-14,16H2,(H,27,29)/t24-/m1/s1. The van der Waals surface area contributed by atoms with Gasteiger partial charge < -0.3 is 15.2 Å². The van der Waals surface area contributed by atoms with E-state index in [0.29, 0.717) is 12.0 Å². The van der Waals surface area contributed by atoms with Crippen molar-refractivity contribution in [3.8, 4) is 17.2 Å². The number of rotatable bonds is 6. The van der Waals surface area contributed by atoms with Gasteiger partial charge in [-0.3, -0.25) is 0 Å². The van der Waals surface area contributed by atoms with Crippen LogP contribution in [0.25, 0.3) is 11.1 Å². The number of aliphatic hydroxyl groups is 1. The predicted molar refractivity (Wildman–Crippen MR) is 114 cm³/mol. The third-order valence-electron chi connectivity index (χ3n) is 5.50. The van der Waals surface area contributed by atoms with Crippen molar-refractivity contribution >= 4 is 6.09 Å². The van der Waals surface area contributed by atoms with Crippen molar-refractivity contribution in [1.29, 1.82) is 5.26 Å². The second kappa shape index (κ2) is 8.81. The monoisotopic (exact) mass is 398 g/mol. The summed E-state index contributed by atoms with van der Waals surface area (Å²) in [6.45, 7) is 0.160. The summed E-state index contributed by atoms with van der Waals surface area (Å²) in [5.41, 5.74) is 6.03. The molecule has 3 aromatic rings. The fourth-order valence-corrected chi connectivity index (χ4v) is 4.02. The zero-order valence-corrected chi connectivity index (χ0v) is 16.4. The number of nitrogens with one attached hydrogen (secondary N) is 1. The molecule has 0 saturated carbocycles. The Hall–Kier alpha value is -3.62. The quantitative estimate of drug-likeness (QED) is 0.640. The highest BCUT2D eigenvalue weighted by atomic mass is 16.5. The smallest absolute Gasteiger partial charge is 0.407 e. The van der Waals surface area contributed by atoms with Crippen LogP contribution < -0.4 is 5.32 Å². The van der Waals surface area contributed by atoms with E-state index in [0.717, 1.165) is 16.7 Å². The van der Waals surface area contributed by atoms with Crippen LogP contribution in [-0.2, 0) is 4.74 Å². The highest BCUT2D eigenvalue weighted by Crippen LogP contribution is 2.44. The predicted octanol–water partition coefficient (Wildman–Crippen LogP) is 4.52. The van der Waals surface area contributed by atoms with Crippen LogP contribution in [0.3, 0.4) is 0 Å². The van der Waals surface area contributed by atoms with Gasteiger partial charge in [0.1, 0.15) is 6.61 Å². The van der Waals surface area contributed by atoms with Crippen molar-refractivity contribution < 1.29 is 14.6 Å². The summed E-state index contributed by atoms with van der Waals surface area (Å²) in [5, 5.41) is 21.2. The van der Waals surface area contributed by atoms with Gasteiger partial charge in [0.15, 0.2) is 0 Å². The highest BCUT2D eigenvalue weighted by Gasteiger charge is 2.29. The first-order valence-corrected chi connectivity index (χ1v) is 9.93. The number of nitrogens with zero attached hydrogens (tertiary/aromatic N) is 1. The number of benzene rings is 3. The molecule has 5 nitrogen and oxygen atoms in total. The third kappa shape index (κ3) is 3.91. The van der Waals surface area contributed by atoms with Gasteiger partial charge >= 0.3 is 6.09 Å². The van der Waals surface area contributed by atoms with Gasteiger partial charge in [-0.05, 0) is 46.4 Å². The molecule has 0 bridgehead atoms. The molecule has 30 heavy (non-hydrogen) atoms. The summed E-state index contributed by atoms with van der Waals surface area (Å²) in [6.07, 6.45) is -0.171. The van der Waals surface area contributed by atoms with Crippen molar-refractivity contribution in [2.24, 2.45) is 0 Å². The lowest BCUT2D eigenvalue weighted by Gasteiger charge is -2.20. The van der Waals surface area contributed by atoms with E-state index in [1.165, 1.54) is 11.1 Å². The first kappa shape index (κ1) is 19.7. The number of amides is 1. The first-order chi connectivity index (χ1) is 14.7. The minimum absolute atomic E-state index is 0.00523. The van der Waals surface area contributed by atoms with Crippen LogP contribution in [-0.4, -0.2) is 24.4 Å². The molecular formula is C25H22N2O3. The van der Waals surface area contributed by atoms with Gasteiger partial charge in [-0.2, -0.15) is 5.26 Å². The van der Waals surface area contributed by atoms with Crippen LogP contribution in [0.5, 0.6) is 0 Å². The van der Waals surface area contributed by atoms with Crippen molar-refractivity contribution in [3.05, 3.63) is 95.1 Å². The van der Waals surface area contributed by atoms with Gasteiger partial charge in [0, 0.05) is 12.5 Å². The lowest BCUT2D eigenvalue weighted by Crippen LogP contribution is -2.31. The molecule has 0 unspecified atom stereocenters. The number of nitriles is 1. The number of alkyl carbamates (subject to hydrolysis) is 1. The molecule has 1 aliphatic carbocycles. The van der Waals surface area contributed by atoms with Gasteiger partial charge in [-0.15, -0.1) is 0 Å². The van der Waals surface area contributed by atoms with Gasteiger partial charge in [-0.1, -0.05) is 60.7 Å². The summed E-state index contributed by atoms with van der Waals surface area (Å²) in [5.74, 6) is -0.00523. The van der Waals surface area contributed by atoms with Crippen LogP contribution in [0.15, 0.2) is 72.8 Å². The highest BCUT2D eigenvalue weighted by molar-refractivity contribution is 5.79. The molecule has 1 amide bonds. The van der Waals surface area contributed by atoms with Crippen LogP contribution in [0.1, 0.15) is 40.6 Å². The summed E-state index contributed by atoms with van der Waals surface area (Å²) >= 11 is 0. The second-order valence-corrected chi connectivity index (χ2v) is 7.27. The van der Waals surface area contributed by atoms with E-state index in [1.54, 1.807) is 24.3 Å². The number of carbonyl (C=O) groups is 1. The van der Waals surface area contributed by atoms with Crippen molar-refractivity contribution in [3.63, 3.8) is 0 Å². The van der Waals surface area contributed by atoms with E-state index in [1.807, 2.05) is 24.3 Å². The molecule has 150 valence electrons. The summed E-state index contributed by atoms with van der Waals surface area (Å²) < 4.78 is 5.60. The van der Waals surface area contributed by atoms with Crippen LogP contribution in [0.4, 0.5) is 4.79 Å². The third-order valence-corrected chi connectivity index (χ3v) is 5.50. The van der Waals surface area contributed by atoms with Gasteiger partial charge in [0.25, 0.3) is 0 Å². The molecule has 2 N–H and O–H groups in total. The van der Waals surface area contributed by atoms with E-state index in [9.17, 15) is 9.90 Å². The second-order valence-electron chi connectivity index (χ2n) is 7.27. The Labute approximate surface area is 175 Å². The Kier molecular flexibility index (Phi) is 5.78. The van der Waals surface area contributed by atoms with Crippen molar-refractivity contribution in [1.82, 2.24) is 5.32 Å². The minimum Gasteiger partial charge on any atom is -0.449 e. The number of hydrogen-bond acceptors (Lipinski definition) is 4. The summed E-state index contributed by atoms with van der Waals surface area (Å²) in [4.78, 5) is 12.5. The summed E-state index contributed by atoms with van der Waals surface area (Å²) in [7, 11) is 0. The zero-order valence-electron chi connectivity index (χ0n) is 16.4. The van der Waals surface area contributed by atoms with E-state index >= 15 is 0 Å². The van der Waals surface area contributed by atoms with Gasteiger partial charge in [0.2, 0.25) is 0 Å². The Morgan fingerprint density at radius 3 is 2.17 bits per heavy atom. The maximum atomic E-state index is 12.5. The number of ether oxygens (including phenoxy) is 1. The molecule has 0 spiro atoms. The van der Waals surface area contributed by atoms with E-state index in [4.69, 9.17) is 10.00 Å². The lowest BCUT2D eigenvalue weighted by atomic mass is 9.98. The maximum absolute atomic E-state index is 12.5. The molecule has 5 heteroatoms. The molecule has 4 rings (SSSR count). The first-order valence-electron chi connectivity index (χ1n) is 9.93. The van der Waals surface area contributed by atoms with Crippen LogP contribution in [0, 0.1) is 11.3 Å². The molecule has 0 fully saturated rings. The number of aliphatic hydroxyl groups excluding tert-OH is 1. The largest absolute Gasteiger partial charge is 0.449 e. The van der Waals surface area contributed by atoms with Crippen molar-refractivity contribution in [2.75, 3.05) is 13.2 Å². The average Bonchev–Trinajstić information content (AvgIpc) is 3.11. The molecule has 1 atom stereocenters. The van der Waals surface area contributed by atoms with Crippen LogP contribution >= 0.6 is 0 Å². The molecule has 3 aromatic carbocycles. The van der Waals surface area contributed by atoms with Gasteiger partial charge in [-0.25, -0.2) is 4.79 Å². The lowest BCUT2D eigenvalue weighted by molar-refractivity contribution is 0.136. The molecule has 1 aliphatic rings. The zero-order chi connectivity index (χ0) is 20.9. The van der Waals surface area contributed by atoms with Gasteiger partial charge in [0.05, 0.1) is 17.7 Å². The fraction of sp³-hybridized carbons (Fsp3) is 0.200. The Morgan fingerprint density at radius 1 is 1.00 bits per heavy atom. The Bertz CT molecular complexity index is 1040. The Balaban J connectivity index is 1.45. The molecule has 0 heterocycles. The maximum Gasteiger partial charge on any atom is 0.407 e. The molecular weight excluding hydrogens is 376 g/mol. The minimum atomic E-state index is -0.528. The topological polar surface area (TPSA) is 82.4 Å². The molecule has 0 aliphatic heterocycles. The fourth-order valence-electron chi connectivity index (χ4n) is 4.02. The van der Waals surface area contributed by atoms with E-state index in [-0.39, 0.29) is 19.1 Å². The molecule has 0 aromatic heterocycles. The average molecular weight is 398 g/mol. The van der Waals surface area contributed by atoms with E-state index < -0.39 is 12.1 Å². The number of fused-ring (bicyclic) bond motifs is 3. The molecule has 0 radical (unpaired) electrons. The number of hydrogen-bond donors (Lipinski definition) is 2. The normalized spacial score (nSPS) is 13.1. The number of carbonyl (C=O) groups excluding carboxylic acids is 1. The summed E-state index contributed by atoms with van der Waals surface area (Å²) in [6, 6.07) is 25.0. The SMILES string of the molecule is N#Cc1ccc([C@@H](CCO)NC(=O)OCC2c3ccccc3-c3ccccc32)cc1. The van der Waals surface area contributed by atoms with Crippen LogP contribution in [0.2, 0.25) is 0 Å². The molecule has 0 saturated heterocycles. The van der Waals surface area contributed by atoms with E-state index in [2.05, 4.69) is 35.7 Å².